The second-order valence-corrected chi connectivity index (χ2v) is 10.5. The molecule has 0 aliphatic carbocycles. The largest absolute Gasteiger partial charge is 0.379 e. The number of carbonyl (C=O) groups excluding carboxylic acids is 2. The third kappa shape index (κ3) is 6.36. The smallest absolute Gasteiger partial charge is 0.262 e. The van der Waals surface area contributed by atoms with Gasteiger partial charge in [0.25, 0.3) is 11.8 Å². The van der Waals surface area contributed by atoms with Gasteiger partial charge in [0.05, 0.1) is 35.6 Å². The van der Waals surface area contributed by atoms with Gasteiger partial charge in [-0.2, -0.15) is 5.10 Å². The standard InChI is InChI=1S/C30H29Cl2FN4O3/c31-24-10-4-1-7-21(24)27-19-28(23-9-3-6-12-26(23)33)37(34-27)29(38)20-36(14-13-35-15-17-40-18-16-35)30(39)22-8-2-5-11-25(22)32/h1-12,28H,13-20H2. The molecule has 2 amide bonds. The molecule has 1 fully saturated rings. The molecule has 0 spiro atoms. The van der Waals surface area contributed by atoms with Gasteiger partial charge >= 0.3 is 0 Å². The van der Waals surface area contributed by atoms with Crippen LogP contribution in [0.3, 0.4) is 0 Å². The Bertz CT molecular complexity index is 1410. The van der Waals surface area contributed by atoms with Gasteiger partial charge in [0, 0.05) is 48.7 Å². The summed E-state index contributed by atoms with van der Waals surface area (Å²) in [4.78, 5) is 31.2. The molecule has 1 saturated heterocycles. The van der Waals surface area contributed by atoms with Crippen molar-refractivity contribution in [3.05, 3.63) is 105 Å². The summed E-state index contributed by atoms with van der Waals surface area (Å²) in [5.41, 5.74) is 1.91. The maximum atomic E-state index is 15.0. The van der Waals surface area contributed by atoms with E-state index in [1.165, 1.54) is 16.0 Å². The van der Waals surface area contributed by atoms with Gasteiger partial charge in [0.1, 0.15) is 12.4 Å². The molecule has 5 rings (SSSR count). The van der Waals surface area contributed by atoms with E-state index in [9.17, 15) is 14.0 Å². The fraction of sp³-hybridized carbons (Fsp3) is 0.300. The minimum atomic E-state index is -0.684. The number of hydrazone groups is 1. The van der Waals surface area contributed by atoms with Crippen LogP contribution in [-0.4, -0.2) is 78.3 Å². The Morgan fingerprint density at radius 1 is 0.950 bits per heavy atom. The lowest BCUT2D eigenvalue weighted by Crippen LogP contribution is -2.46. The van der Waals surface area contributed by atoms with Crippen LogP contribution in [0.15, 0.2) is 77.9 Å². The first-order chi connectivity index (χ1) is 19.4. The Hall–Kier alpha value is -3.30. The number of halogens is 3. The third-order valence-electron chi connectivity index (χ3n) is 7.12. The number of amides is 2. The number of rotatable bonds is 8. The van der Waals surface area contributed by atoms with Gasteiger partial charge < -0.3 is 9.64 Å². The number of benzene rings is 3. The summed E-state index contributed by atoms with van der Waals surface area (Å²) in [6, 6.07) is 19.6. The summed E-state index contributed by atoms with van der Waals surface area (Å²) in [6.45, 7) is 3.35. The zero-order valence-electron chi connectivity index (χ0n) is 21.8. The van der Waals surface area contributed by atoms with Gasteiger partial charge in [-0.15, -0.1) is 0 Å². The van der Waals surface area contributed by atoms with Crippen molar-refractivity contribution in [3.63, 3.8) is 0 Å². The fourth-order valence-electron chi connectivity index (χ4n) is 4.97. The fourth-order valence-corrected chi connectivity index (χ4v) is 5.43. The highest BCUT2D eigenvalue weighted by Crippen LogP contribution is 2.35. The first-order valence-corrected chi connectivity index (χ1v) is 13.9. The Morgan fingerprint density at radius 3 is 2.35 bits per heavy atom. The van der Waals surface area contributed by atoms with Crippen molar-refractivity contribution in [1.29, 1.82) is 0 Å². The molecule has 3 aromatic carbocycles. The number of ether oxygens (including phenoxy) is 1. The summed E-state index contributed by atoms with van der Waals surface area (Å²) in [6.07, 6.45) is 0.280. The summed E-state index contributed by atoms with van der Waals surface area (Å²) >= 11 is 12.8. The first-order valence-electron chi connectivity index (χ1n) is 13.1. The molecule has 2 aliphatic rings. The Kier molecular flexibility index (Phi) is 9.11. The zero-order chi connectivity index (χ0) is 28.1. The first kappa shape index (κ1) is 28.2. The lowest BCUT2D eigenvalue weighted by atomic mass is 9.98. The second-order valence-electron chi connectivity index (χ2n) is 9.67. The predicted molar refractivity (Wildman–Crippen MR) is 153 cm³/mol. The van der Waals surface area contributed by atoms with Crippen LogP contribution < -0.4 is 0 Å². The van der Waals surface area contributed by atoms with E-state index in [-0.39, 0.29) is 18.9 Å². The van der Waals surface area contributed by atoms with Crippen LogP contribution in [0.4, 0.5) is 4.39 Å². The minimum Gasteiger partial charge on any atom is -0.379 e. The topological polar surface area (TPSA) is 65.5 Å². The van der Waals surface area contributed by atoms with Crippen LogP contribution >= 0.6 is 23.2 Å². The number of hydrogen-bond acceptors (Lipinski definition) is 5. The average molecular weight is 583 g/mol. The van der Waals surface area contributed by atoms with Crippen LogP contribution in [0.2, 0.25) is 10.0 Å². The molecule has 0 saturated carbocycles. The lowest BCUT2D eigenvalue weighted by Gasteiger charge is -2.31. The lowest BCUT2D eigenvalue weighted by molar-refractivity contribution is -0.133. The van der Waals surface area contributed by atoms with Gasteiger partial charge in [0.15, 0.2) is 0 Å². The van der Waals surface area contributed by atoms with Crippen molar-refractivity contribution in [3.8, 4) is 0 Å². The molecule has 0 aromatic heterocycles. The Morgan fingerprint density at radius 2 is 1.62 bits per heavy atom. The van der Waals surface area contributed by atoms with Crippen molar-refractivity contribution < 1.29 is 18.7 Å². The summed E-state index contributed by atoms with van der Waals surface area (Å²) < 4.78 is 20.4. The van der Waals surface area contributed by atoms with E-state index in [0.29, 0.717) is 58.8 Å². The molecule has 7 nitrogen and oxygen atoms in total. The molecule has 208 valence electrons. The summed E-state index contributed by atoms with van der Waals surface area (Å²) in [5, 5.41) is 6.72. The third-order valence-corrected chi connectivity index (χ3v) is 7.78. The number of nitrogens with zero attached hydrogens (tertiary/aromatic N) is 4. The Balaban J connectivity index is 1.44. The highest BCUT2D eigenvalue weighted by molar-refractivity contribution is 6.34. The maximum Gasteiger partial charge on any atom is 0.262 e. The molecule has 0 radical (unpaired) electrons. The second kappa shape index (κ2) is 12.9. The van der Waals surface area contributed by atoms with Crippen LogP contribution in [0.5, 0.6) is 0 Å². The zero-order valence-corrected chi connectivity index (χ0v) is 23.3. The molecule has 2 aliphatic heterocycles. The van der Waals surface area contributed by atoms with E-state index < -0.39 is 17.8 Å². The molecule has 10 heteroatoms. The van der Waals surface area contributed by atoms with Crippen LogP contribution in [0, 0.1) is 5.82 Å². The van der Waals surface area contributed by atoms with Crippen molar-refractivity contribution in [2.45, 2.75) is 12.5 Å². The molecule has 0 N–H and O–H groups in total. The van der Waals surface area contributed by atoms with Gasteiger partial charge in [-0.1, -0.05) is 71.7 Å². The SMILES string of the molecule is O=C(c1ccccc1Cl)N(CCN1CCOCC1)CC(=O)N1N=C(c2ccccc2Cl)CC1c1ccccc1F. The van der Waals surface area contributed by atoms with E-state index >= 15 is 0 Å². The number of morpholine rings is 1. The molecular weight excluding hydrogens is 554 g/mol. The van der Waals surface area contributed by atoms with E-state index in [2.05, 4.69) is 10.0 Å². The van der Waals surface area contributed by atoms with Crippen LogP contribution in [-0.2, 0) is 9.53 Å². The van der Waals surface area contributed by atoms with Gasteiger partial charge in [0.2, 0.25) is 0 Å². The van der Waals surface area contributed by atoms with Gasteiger partial charge in [-0.3, -0.25) is 14.5 Å². The molecule has 0 bridgehead atoms. The molecular formula is C30H29Cl2FN4O3. The van der Waals surface area contributed by atoms with Gasteiger partial charge in [-0.25, -0.2) is 9.40 Å². The quantitative estimate of drug-likeness (QED) is 0.362. The molecule has 1 unspecified atom stereocenters. The molecule has 2 heterocycles. The van der Waals surface area contributed by atoms with Crippen molar-refractivity contribution >= 4 is 40.7 Å². The number of hydrogen-bond donors (Lipinski definition) is 0. The normalized spacial score (nSPS) is 17.5. The monoisotopic (exact) mass is 582 g/mol. The van der Waals surface area contributed by atoms with E-state index in [1.54, 1.807) is 48.5 Å². The van der Waals surface area contributed by atoms with E-state index in [4.69, 9.17) is 27.9 Å². The highest BCUT2D eigenvalue weighted by Gasteiger charge is 2.36. The molecule has 40 heavy (non-hydrogen) atoms. The van der Waals surface area contributed by atoms with E-state index in [1.807, 2.05) is 18.2 Å². The minimum absolute atomic E-state index is 0.251. The van der Waals surface area contributed by atoms with Crippen molar-refractivity contribution in [1.82, 2.24) is 14.8 Å². The summed E-state index contributed by atoms with van der Waals surface area (Å²) in [7, 11) is 0. The molecule has 1 atom stereocenters. The van der Waals surface area contributed by atoms with Gasteiger partial charge in [-0.05, 0) is 24.3 Å². The van der Waals surface area contributed by atoms with Crippen molar-refractivity contribution in [2.24, 2.45) is 5.10 Å². The Labute approximate surface area is 242 Å². The summed E-state index contributed by atoms with van der Waals surface area (Å²) in [5.74, 6) is -1.22. The number of carbonyl (C=O) groups is 2. The van der Waals surface area contributed by atoms with Crippen molar-refractivity contribution in [2.75, 3.05) is 45.9 Å². The highest BCUT2D eigenvalue weighted by atomic mass is 35.5. The van der Waals surface area contributed by atoms with E-state index in [0.717, 1.165) is 13.1 Å². The maximum absolute atomic E-state index is 15.0. The predicted octanol–water partition coefficient (Wildman–Crippen LogP) is 5.28. The average Bonchev–Trinajstić information content (AvgIpc) is 3.41. The molecule has 3 aromatic rings. The van der Waals surface area contributed by atoms with Crippen LogP contribution in [0.25, 0.3) is 0 Å². The van der Waals surface area contributed by atoms with Crippen LogP contribution in [0.1, 0.15) is 33.9 Å².